The number of benzene rings is 8. The van der Waals surface area contributed by atoms with Crippen LogP contribution in [0.3, 0.4) is 0 Å². The van der Waals surface area contributed by atoms with Crippen molar-refractivity contribution in [2.45, 2.75) is 19.3 Å². The molecular formula is C47H35N. The first kappa shape index (κ1) is 28.3. The van der Waals surface area contributed by atoms with Crippen LogP contribution in [-0.4, -0.2) is 0 Å². The molecule has 228 valence electrons. The van der Waals surface area contributed by atoms with Gasteiger partial charge in [0.25, 0.3) is 0 Å². The third-order valence-electron chi connectivity index (χ3n) is 10.2. The van der Waals surface area contributed by atoms with Gasteiger partial charge in [-0.25, -0.2) is 0 Å². The summed E-state index contributed by atoms with van der Waals surface area (Å²) in [5, 5.41) is 5.12. The molecule has 9 rings (SSSR count). The van der Waals surface area contributed by atoms with Gasteiger partial charge in [-0.2, -0.15) is 0 Å². The average molecular weight is 614 g/mol. The molecule has 0 bridgehead atoms. The van der Waals surface area contributed by atoms with Gasteiger partial charge in [0.1, 0.15) is 0 Å². The smallest absolute Gasteiger partial charge is 0.0508 e. The predicted molar refractivity (Wildman–Crippen MR) is 205 cm³/mol. The summed E-state index contributed by atoms with van der Waals surface area (Å²) >= 11 is 0. The van der Waals surface area contributed by atoms with Crippen LogP contribution < -0.4 is 4.90 Å². The Hall–Kier alpha value is -5.92. The van der Waals surface area contributed by atoms with Crippen molar-refractivity contribution in [3.05, 3.63) is 187 Å². The van der Waals surface area contributed by atoms with Crippen LogP contribution in [0, 0.1) is 0 Å². The van der Waals surface area contributed by atoms with Gasteiger partial charge in [-0.15, -0.1) is 0 Å². The molecule has 0 fully saturated rings. The maximum atomic E-state index is 2.45. The lowest BCUT2D eigenvalue weighted by Crippen LogP contribution is -2.20. The molecule has 0 N–H and O–H groups in total. The van der Waals surface area contributed by atoms with Crippen LogP contribution in [0.4, 0.5) is 17.1 Å². The highest BCUT2D eigenvalue weighted by Gasteiger charge is 2.38. The van der Waals surface area contributed by atoms with Gasteiger partial charge >= 0.3 is 0 Å². The predicted octanol–water partition coefficient (Wildman–Crippen LogP) is 13.1. The van der Waals surface area contributed by atoms with Crippen molar-refractivity contribution in [1.29, 1.82) is 0 Å². The van der Waals surface area contributed by atoms with Crippen molar-refractivity contribution in [2.75, 3.05) is 4.90 Å². The lowest BCUT2D eigenvalue weighted by Gasteiger charge is -2.32. The van der Waals surface area contributed by atoms with Crippen LogP contribution >= 0.6 is 0 Å². The zero-order valence-electron chi connectivity index (χ0n) is 27.2. The number of hydrogen-bond acceptors (Lipinski definition) is 1. The van der Waals surface area contributed by atoms with Crippen molar-refractivity contribution < 1.29 is 0 Å². The first-order chi connectivity index (χ1) is 23.6. The molecule has 0 unspecified atom stereocenters. The fourth-order valence-electron chi connectivity index (χ4n) is 7.95. The molecule has 1 aliphatic rings. The summed E-state index contributed by atoms with van der Waals surface area (Å²) in [5.41, 5.74) is 13.6. The molecule has 0 radical (unpaired) electrons. The topological polar surface area (TPSA) is 3.24 Å². The summed E-state index contributed by atoms with van der Waals surface area (Å²) in [6.45, 7) is 4.73. The van der Waals surface area contributed by atoms with E-state index in [1.54, 1.807) is 0 Å². The molecule has 1 aliphatic carbocycles. The van der Waals surface area contributed by atoms with E-state index in [0.29, 0.717) is 0 Å². The largest absolute Gasteiger partial charge is 0.310 e. The first-order valence-electron chi connectivity index (χ1n) is 16.8. The van der Waals surface area contributed by atoms with Crippen LogP contribution in [0.15, 0.2) is 176 Å². The van der Waals surface area contributed by atoms with Gasteiger partial charge in [0, 0.05) is 16.8 Å². The summed E-state index contributed by atoms with van der Waals surface area (Å²) in [5.74, 6) is 0. The zero-order chi connectivity index (χ0) is 32.2. The third-order valence-corrected chi connectivity index (χ3v) is 10.2. The highest BCUT2D eigenvalue weighted by atomic mass is 15.1. The van der Waals surface area contributed by atoms with Crippen LogP contribution in [0.25, 0.3) is 54.9 Å². The molecule has 8 aromatic rings. The minimum atomic E-state index is -0.144. The molecule has 0 spiro atoms. The van der Waals surface area contributed by atoms with Crippen LogP contribution in [0.5, 0.6) is 0 Å². The Morgan fingerprint density at radius 3 is 1.71 bits per heavy atom. The normalized spacial score (nSPS) is 13.0. The van der Waals surface area contributed by atoms with Gasteiger partial charge in [-0.3, -0.25) is 0 Å². The van der Waals surface area contributed by atoms with E-state index in [4.69, 9.17) is 0 Å². The maximum Gasteiger partial charge on any atom is 0.0508 e. The Kier molecular flexibility index (Phi) is 6.55. The summed E-state index contributed by atoms with van der Waals surface area (Å²) in [7, 11) is 0. The van der Waals surface area contributed by atoms with E-state index in [2.05, 4.69) is 195 Å². The van der Waals surface area contributed by atoms with Gasteiger partial charge in [-0.05, 0) is 102 Å². The number of anilines is 3. The number of fused-ring (bicyclic) bond motifs is 6. The fraction of sp³-hybridized carbons (Fsp3) is 0.0638. The molecule has 8 aromatic carbocycles. The molecular weight excluding hydrogens is 579 g/mol. The molecule has 1 heteroatoms. The summed E-state index contributed by atoms with van der Waals surface area (Å²) in [4.78, 5) is 2.45. The van der Waals surface area contributed by atoms with Crippen molar-refractivity contribution in [1.82, 2.24) is 0 Å². The molecule has 0 atom stereocenters. The van der Waals surface area contributed by atoms with E-state index in [9.17, 15) is 0 Å². The van der Waals surface area contributed by atoms with Crippen molar-refractivity contribution in [2.24, 2.45) is 0 Å². The van der Waals surface area contributed by atoms with Gasteiger partial charge in [-0.1, -0.05) is 153 Å². The Morgan fingerprint density at radius 2 is 0.958 bits per heavy atom. The lowest BCUT2D eigenvalue weighted by atomic mass is 9.81. The quantitative estimate of drug-likeness (QED) is 0.175. The first-order valence-corrected chi connectivity index (χ1v) is 16.8. The summed E-state index contributed by atoms with van der Waals surface area (Å²) < 4.78 is 0. The molecule has 0 saturated carbocycles. The highest BCUT2D eigenvalue weighted by molar-refractivity contribution is 6.13. The third kappa shape index (κ3) is 4.47. The van der Waals surface area contributed by atoms with E-state index in [1.807, 2.05) is 0 Å². The van der Waals surface area contributed by atoms with E-state index >= 15 is 0 Å². The van der Waals surface area contributed by atoms with Gasteiger partial charge in [0.05, 0.1) is 5.69 Å². The molecule has 0 aliphatic heterocycles. The van der Waals surface area contributed by atoms with E-state index in [-0.39, 0.29) is 5.41 Å². The van der Waals surface area contributed by atoms with Gasteiger partial charge in [0.2, 0.25) is 0 Å². The molecule has 1 nitrogen and oxygen atoms in total. The lowest BCUT2D eigenvalue weighted by molar-refractivity contribution is 0.661. The second-order valence-electron chi connectivity index (χ2n) is 13.4. The Labute approximate surface area is 282 Å². The van der Waals surface area contributed by atoms with E-state index in [0.717, 1.165) is 11.4 Å². The Morgan fingerprint density at radius 1 is 0.396 bits per heavy atom. The minimum absolute atomic E-state index is 0.144. The standard InChI is InChI=1S/C47H35N/c1-47(2)44-21-11-10-19-41(44)42-20-12-22-45(46(42)47)48(36-27-23-33(24-28-36)32-13-4-3-5-14-32)37-29-25-34(26-30-37)43-31-35-15-6-7-16-38(35)39-17-8-9-18-40(39)43/h3-31H,1-2H3. The second kappa shape index (κ2) is 11.1. The molecule has 0 heterocycles. The van der Waals surface area contributed by atoms with Crippen molar-refractivity contribution in [3.63, 3.8) is 0 Å². The average Bonchev–Trinajstić information content (AvgIpc) is 3.39. The SMILES string of the molecule is CC1(C)c2ccccc2-c2cccc(N(c3ccc(-c4ccccc4)cc3)c3ccc(-c4cc5ccccc5c5ccccc45)cc3)c21. The Balaban J connectivity index is 1.21. The van der Waals surface area contributed by atoms with Crippen LogP contribution in [0.2, 0.25) is 0 Å². The fourth-order valence-corrected chi connectivity index (χ4v) is 7.95. The number of nitrogens with zero attached hydrogens (tertiary/aromatic N) is 1. The van der Waals surface area contributed by atoms with Gasteiger partial charge in [0.15, 0.2) is 0 Å². The highest BCUT2D eigenvalue weighted by Crippen LogP contribution is 2.54. The molecule has 0 saturated heterocycles. The van der Waals surface area contributed by atoms with Crippen molar-refractivity contribution in [3.8, 4) is 33.4 Å². The zero-order valence-corrected chi connectivity index (χ0v) is 27.2. The van der Waals surface area contributed by atoms with Crippen LogP contribution in [-0.2, 0) is 5.41 Å². The minimum Gasteiger partial charge on any atom is -0.310 e. The number of rotatable bonds is 5. The van der Waals surface area contributed by atoms with E-state index < -0.39 is 0 Å². The Bertz CT molecular complexity index is 2450. The maximum absolute atomic E-state index is 2.45. The molecule has 0 amide bonds. The summed E-state index contributed by atoms with van der Waals surface area (Å²) in [6.07, 6.45) is 0. The van der Waals surface area contributed by atoms with Crippen molar-refractivity contribution >= 4 is 38.6 Å². The monoisotopic (exact) mass is 613 g/mol. The molecule has 0 aromatic heterocycles. The van der Waals surface area contributed by atoms with Gasteiger partial charge < -0.3 is 4.90 Å². The van der Waals surface area contributed by atoms with E-state index in [1.165, 1.54) is 71.7 Å². The van der Waals surface area contributed by atoms with Crippen LogP contribution in [0.1, 0.15) is 25.0 Å². The summed E-state index contributed by atoms with van der Waals surface area (Å²) in [6, 6.07) is 64.3. The number of hydrogen-bond donors (Lipinski definition) is 0. The molecule has 48 heavy (non-hydrogen) atoms. The second-order valence-corrected chi connectivity index (χ2v) is 13.4.